The van der Waals surface area contributed by atoms with Gasteiger partial charge in [0.25, 0.3) is 5.91 Å². The number of benzene rings is 2. The van der Waals surface area contributed by atoms with Crippen molar-refractivity contribution in [1.29, 1.82) is 5.41 Å². The monoisotopic (exact) mass is 465 g/mol. The second kappa shape index (κ2) is 11.8. The Morgan fingerprint density at radius 3 is 2.41 bits per heavy atom. The van der Waals surface area contributed by atoms with Crippen LogP contribution in [0.5, 0.6) is 0 Å². The summed E-state index contributed by atoms with van der Waals surface area (Å²) in [6.45, 7) is 1.17. The third kappa shape index (κ3) is 7.06. The number of carboxylic acid groups (broad SMARTS) is 1. The molecule has 2 amide bonds. The van der Waals surface area contributed by atoms with Gasteiger partial charge in [-0.25, -0.2) is 0 Å². The highest BCUT2D eigenvalue weighted by atomic mass is 16.4. The van der Waals surface area contributed by atoms with Gasteiger partial charge in [0.2, 0.25) is 5.91 Å². The van der Waals surface area contributed by atoms with Crippen LogP contribution in [0, 0.1) is 11.3 Å². The van der Waals surface area contributed by atoms with Crippen molar-refractivity contribution in [2.24, 2.45) is 11.7 Å². The van der Waals surface area contributed by atoms with E-state index < -0.39 is 11.9 Å². The van der Waals surface area contributed by atoms with Crippen molar-refractivity contribution < 1.29 is 19.5 Å². The molecule has 0 saturated carbocycles. The molecule has 0 aliphatic carbocycles. The highest BCUT2D eigenvalue weighted by Gasteiger charge is 2.40. The van der Waals surface area contributed by atoms with E-state index >= 15 is 0 Å². The van der Waals surface area contributed by atoms with Gasteiger partial charge >= 0.3 is 5.97 Å². The number of carboxylic acids is 1. The lowest BCUT2D eigenvalue weighted by Gasteiger charge is -2.25. The molecule has 9 heteroatoms. The van der Waals surface area contributed by atoms with Crippen molar-refractivity contribution in [1.82, 2.24) is 15.5 Å². The number of aryl methyl sites for hydroxylation is 1. The molecule has 2 aromatic carbocycles. The average Bonchev–Trinajstić information content (AvgIpc) is 3.11. The lowest BCUT2D eigenvalue weighted by atomic mass is 10.0. The normalized spacial score (nSPS) is 17.4. The van der Waals surface area contributed by atoms with Crippen LogP contribution in [0.3, 0.4) is 0 Å². The summed E-state index contributed by atoms with van der Waals surface area (Å²) < 4.78 is 0. The molecule has 1 saturated heterocycles. The van der Waals surface area contributed by atoms with E-state index in [4.69, 9.17) is 11.1 Å². The molecule has 1 fully saturated rings. The molecule has 0 radical (unpaired) electrons. The maximum atomic E-state index is 12.9. The standard InChI is InChI=1S/C25H31N5O4/c26-25(27)29-15-18-8-10-19(11-9-18)23(33)28-16-21-13-20(14-22(31)32)24(34)30(21)12-4-7-17-5-2-1-3-6-17/h1-3,5-6,8-11,20-21H,4,7,12-16H2,(H,28,33)(H,31,32)(H4,26,27,29)/t20-,21-/m0/s1. The van der Waals surface area contributed by atoms with Crippen LogP contribution in [-0.2, 0) is 22.6 Å². The predicted octanol–water partition coefficient (Wildman–Crippen LogP) is 1.72. The fourth-order valence-corrected chi connectivity index (χ4v) is 4.22. The lowest BCUT2D eigenvalue weighted by molar-refractivity contribution is -0.142. The van der Waals surface area contributed by atoms with E-state index in [2.05, 4.69) is 10.6 Å². The second-order valence-electron chi connectivity index (χ2n) is 8.48. The number of hydrogen-bond donors (Lipinski definition) is 5. The molecular weight excluding hydrogens is 434 g/mol. The number of hydrogen-bond acceptors (Lipinski definition) is 4. The van der Waals surface area contributed by atoms with Crippen LogP contribution < -0.4 is 16.4 Å². The molecule has 2 atom stereocenters. The number of nitrogens with one attached hydrogen (secondary N) is 3. The first-order chi connectivity index (χ1) is 16.3. The number of aliphatic carboxylic acids is 1. The fourth-order valence-electron chi connectivity index (χ4n) is 4.22. The van der Waals surface area contributed by atoms with Gasteiger partial charge in [0.1, 0.15) is 0 Å². The van der Waals surface area contributed by atoms with E-state index in [-0.39, 0.29) is 36.8 Å². The Balaban J connectivity index is 1.57. The number of likely N-dealkylation sites (tertiary alicyclic amines) is 1. The number of carbonyl (C=O) groups is 3. The van der Waals surface area contributed by atoms with Crippen LogP contribution in [0.2, 0.25) is 0 Å². The number of nitrogens with zero attached hydrogens (tertiary/aromatic N) is 1. The molecule has 2 aromatic rings. The molecular formula is C25H31N5O4. The summed E-state index contributed by atoms with van der Waals surface area (Å²) in [6.07, 6.45) is 1.79. The number of guanidine groups is 1. The summed E-state index contributed by atoms with van der Waals surface area (Å²) >= 11 is 0. The van der Waals surface area contributed by atoms with Gasteiger partial charge in [-0.2, -0.15) is 0 Å². The number of nitrogens with two attached hydrogens (primary N) is 1. The minimum absolute atomic E-state index is 0.123. The molecule has 0 aromatic heterocycles. The van der Waals surface area contributed by atoms with E-state index in [1.807, 2.05) is 30.3 Å². The molecule has 6 N–H and O–H groups in total. The van der Waals surface area contributed by atoms with E-state index in [0.717, 1.165) is 18.4 Å². The molecule has 3 rings (SSSR count). The van der Waals surface area contributed by atoms with Crippen molar-refractivity contribution in [2.45, 2.75) is 38.3 Å². The van der Waals surface area contributed by atoms with E-state index in [0.29, 0.717) is 25.1 Å². The number of amides is 2. The molecule has 1 aliphatic rings. The average molecular weight is 466 g/mol. The van der Waals surface area contributed by atoms with E-state index in [1.54, 1.807) is 29.2 Å². The van der Waals surface area contributed by atoms with Crippen LogP contribution >= 0.6 is 0 Å². The third-order valence-corrected chi connectivity index (χ3v) is 5.96. The highest BCUT2D eigenvalue weighted by Crippen LogP contribution is 2.27. The Labute approximate surface area is 198 Å². The summed E-state index contributed by atoms with van der Waals surface area (Å²) in [5.41, 5.74) is 7.83. The third-order valence-electron chi connectivity index (χ3n) is 5.96. The van der Waals surface area contributed by atoms with Gasteiger partial charge in [-0.15, -0.1) is 0 Å². The van der Waals surface area contributed by atoms with E-state index in [1.165, 1.54) is 5.56 Å². The van der Waals surface area contributed by atoms with Crippen LogP contribution in [0.1, 0.15) is 40.7 Å². The van der Waals surface area contributed by atoms with Crippen molar-refractivity contribution in [3.05, 3.63) is 71.3 Å². The Bertz CT molecular complexity index is 1010. The maximum Gasteiger partial charge on any atom is 0.304 e. The van der Waals surface area contributed by atoms with Crippen LogP contribution in [-0.4, -0.2) is 52.9 Å². The Morgan fingerprint density at radius 1 is 1.06 bits per heavy atom. The van der Waals surface area contributed by atoms with Crippen molar-refractivity contribution in [2.75, 3.05) is 13.1 Å². The summed E-state index contributed by atoms with van der Waals surface area (Å²) in [4.78, 5) is 38.5. The summed E-state index contributed by atoms with van der Waals surface area (Å²) in [6, 6.07) is 16.7. The first kappa shape index (κ1) is 24.8. The number of rotatable bonds is 11. The van der Waals surface area contributed by atoms with Gasteiger partial charge in [-0.05, 0) is 42.5 Å². The topological polar surface area (TPSA) is 149 Å². The minimum atomic E-state index is -0.994. The smallest absolute Gasteiger partial charge is 0.304 e. The molecule has 1 heterocycles. The zero-order chi connectivity index (χ0) is 24.5. The Kier molecular flexibility index (Phi) is 8.61. The van der Waals surface area contributed by atoms with Crippen molar-refractivity contribution in [3.63, 3.8) is 0 Å². The zero-order valence-electron chi connectivity index (χ0n) is 19.0. The molecule has 0 unspecified atom stereocenters. The van der Waals surface area contributed by atoms with Crippen LogP contribution in [0.25, 0.3) is 0 Å². The molecule has 1 aliphatic heterocycles. The van der Waals surface area contributed by atoms with Crippen molar-refractivity contribution >= 4 is 23.7 Å². The Morgan fingerprint density at radius 2 is 1.76 bits per heavy atom. The van der Waals surface area contributed by atoms with Gasteiger partial charge in [0.15, 0.2) is 5.96 Å². The fraction of sp³-hybridized carbons (Fsp3) is 0.360. The van der Waals surface area contributed by atoms with Gasteiger partial charge in [0.05, 0.1) is 12.3 Å². The summed E-state index contributed by atoms with van der Waals surface area (Å²) in [5, 5.41) is 22.0. The summed E-state index contributed by atoms with van der Waals surface area (Å²) in [7, 11) is 0. The molecule has 34 heavy (non-hydrogen) atoms. The van der Waals surface area contributed by atoms with E-state index in [9.17, 15) is 19.5 Å². The second-order valence-corrected chi connectivity index (χ2v) is 8.48. The van der Waals surface area contributed by atoms with Gasteiger partial charge in [-0.1, -0.05) is 42.5 Å². The maximum absolute atomic E-state index is 12.9. The minimum Gasteiger partial charge on any atom is -0.481 e. The van der Waals surface area contributed by atoms with Gasteiger partial charge in [-0.3, -0.25) is 19.8 Å². The molecule has 0 bridgehead atoms. The molecule has 180 valence electrons. The summed E-state index contributed by atoms with van der Waals surface area (Å²) in [5.74, 6) is -2.10. The first-order valence-corrected chi connectivity index (χ1v) is 11.3. The zero-order valence-corrected chi connectivity index (χ0v) is 19.0. The largest absolute Gasteiger partial charge is 0.481 e. The van der Waals surface area contributed by atoms with Crippen LogP contribution in [0.4, 0.5) is 0 Å². The SMILES string of the molecule is N=C(N)NCc1ccc(C(=O)NC[C@@H]2C[C@@H](CC(=O)O)C(=O)N2CCCc2ccccc2)cc1. The first-order valence-electron chi connectivity index (χ1n) is 11.3. The quantitative estimate of drug-likeness (QED) is 0.252. The Hall–Kier alpha value is -3.88. The van der Waals surface area contributed by atoms with Gasteiger partial charge in [0, 0.05) is 31.2 Å². The molecule has 0 spiro atoms. The van der Waals surface area contributed by atoms with Gasteiger partial charge < -0.3 is 26.4 Å². The molecule has 9 nitrogen and oxygen atoms in total. The predicted molar refractivity (Wildman–Crippen MR) is 128 cm³/mol. The highest BCUT2D eigenvalue weighted by molar-refractivity contribution is 5.94. The van der Waals surface area contributed by atoms with Crippen LogP contribution in [0.15, 0.2) is 54.6 Å². The van der Waals surface area contributed by atoms with Crippen molar-refractivity contribution in [3.8, 4) is 0 Å². The number of carbonyl (C=O) groups excluding carboxylic acids is 2. The lowest BCUT2D eigenvalue weighted by Crippen LogP contribution is -2.42.